The minimum atomic E-state index is -0.444. The van der Waals surface area contributed by atoms with Gasteiger partial charge >= 0.3 is 0 Å². The Morgan fingerprint density at radius 3 is 2.79 bits per heavy atom. The highest BCUT2D eigenvalue weighted by atomic mass is 16.5. The molecule has 4 rings (SSSR count). The SMILES string of the molecule is Cn1cc(C2(C)CN(c3noc(-c4ccccc4)n3)CCO2)cn1. The van der Waals surface area contributed by atoms with E-state index in [4.69, 9.17) is 9.26 Å². The van der Waals surface area contributed by atoms with Crippen LogP contribution in [0.25, 0.3) is 11.5 Å². The Labute approximate surface area is 139 Å². The number of benzene rings is 1. The molecule has 1 aromatic carbocycles. The van der Waals surface area contributed by atoms with Gasteiger partial charge in [-0.25, -0.2) is 0 Å². The van der Waals surface area contributed by atoms with Crippen molar-refractivity contribution in [3.63, 3.8) is 0 Å². The van der Waals surface area contributed by atoms with E-state index in [-0.39, 0.29) is 0 Å². The molecule has 2 aromatic heterocycles. The van der Waals surface area contributed by atoms with Gasteiger partial charge in [0.15, 0.2) is 0 Å². The van der Waals surface area contributed by atoms with E-state index in [0.717, 1.165) is 17.7 Å². The largest absolute Gasteiger partial charge is 0.367 e. The number of rotatable bonds is 3. The molecule has 7 heteroatoms. The van der Waals surface area contributed by atoms with Crippen molar-refractivity contribution in [3.05, 3.63) is 48.3 Å². The highest BCUT2D eigenvalue weighted by molar-refractivity contribution is 5.54. The Balaban J connectivity index is 1.58. The fourth-order valence-electron chi connectivity index (χ4n) is 2.95. The van der Waals surface area contributed by atoms with E-state index in [1.807, 2.05) is 49.8 Å². The van der Waals surface area contributed by atoms with E-state index in [1.165, 1.54) is 0 Å². The van der Waals surface area contributed by atoms with Gasteiger partial charge in [-0.3, -0.25) is 4.68 Å². The zero-order chi connectivity index (χ0) is 16.6. The average molecular weight is 325 g/mol. The molecular formula is C17H19N5O2. The van der Waals surface area contributed by atoms with Crippen LogP contribution in [0.15, 0.2) is 47.2 Å². The molecule has 0 bridgehead atoms. The summed E-state index contributed by atoms with van der Waals surface area (Å²) in [6.45, 7) is 4.03. The van der Waals surface area contributed by atoms with Gasteiger partial charge < -0.3 is 14.2 Å². The lowest BCUT2D eigenvalue weighted by molar-refractivity contribution is -0.0471. The van der Waals surface area contributed by atoms with Gasteiger partial charge in [0.2, 0.25) is 0 Å². The summed E-state index contributed by atoms with van der Waals surface area (Å²) < 4.78 is 13.2. The van der Waals surface area contributed by atoms with Crippen LogP contribution in [0, 0.1) is 0 Å². The summed E-state index contributed by atoms with van der Waals surface area (Å²) in [6, 6.07) is 9.77. The van der Waals surface area contributed by atoms with Gasteiger partial charge in [-0.15, -0.1) is 0 Å². The van der Waals surface area contributed by atoms with Gasteiger partial charge in [-0.2, -0.15) is 10.1 Å². The molecule has 124 valence electrons. The Bertz CT molecular complexity index is 828. The smallest absolute Gasteiger partial charge is 0.266 e. The molecule has 0 saturated carbocycles. The number of anilines is 1. The standard InChI is InChI=1S/C17H19N5O2/c1-17(14-10-18-21(2)11-14)12-22(8-9-23-17)16-19-15(24-20-16)13-6-4-3-5-7-13/h3-7,10-11H,8-9,12H2,1-2H3. The zero-order valence-corrected chi connectivity index (χ0v) is 13.7. The maximum absolute atomic E-state index is 6.03. The molecule has 3 heterocycles. The molecule has 1 unspecified atom stereocenters. The van der Waals surface area contributed by atoms with Crippen molar-refractivity contribution in [2.45, 2.75) is 12.5 Å². The van der Waals surface area contributed by atoms with Crippen molar-refractivity contribution >= 4 is 5.95 Å². The van der Waals surface area contributed by atoms with Crippen molar-refractivity contribution < 1.29 is 9.26 Å². The minimum Gasteiger partial charge on any atom is -0.367 e. The number of aromatic nitrogens is 4. The lowest BCUT2D eigenvalue weighted by Gasteiger charge is -2.39. The van der Waals surface area contributed by atoms with E-state index in [0.29, 0.717) is 25.0 Å². The first kappa shape index (κ1) is 14.9. The topological polar surface area (TPSA) is 69.2 Å². The van der Waals surface area contributed by atoms with E-state index < -0.39 is 5.60 Å². The van der Waals surface area contributed by atoms with E-state index in [1.54, 1.807) is 4.68 Å². The van der Waals surface area contributed by atoms with Crippen LogP contribution in [-0.4, -0.2) is 39.6 Å². The number of ether oxygens (including phenoxy) is 1. The van der Waals surface area contributed by atoms with Gasteiger partial charge in [0.05, 0.1) is 19.3 Å². The molecule has 3 aromatic rings. The quantitative estimate of drug-likeness (QED) is 0.735. The normalized spacial score (nSPS) is 21.2. The Morgan fingerprint density at radius 1 is 1.21 bits per heavy atom. The highest BCUT2D eigenvalue weighted by Crippen LogP contribution is 2.31. The van der Waals surface area contributed by atoms with Crippen molar-refractivity contribution in [3.8, 4) is 11.5 Å². The fraction of sp³-hybridized carbons (Fsp3) is 0.353. The summed E-state index contributed by atoms with van der Waals surface area (Å²) in [5.74, 6) is 1.12. The maximum Gasteiger partial charge on any atom is 0.266 e. The van der Waals surface area contributed by atoms with E-state index in [2.05, 4.69) is 27.1 Å². The molecule has 24 heavy (non-hydrogen) atoms. The molecule has 0 spiro atoms. The summed E-state index contributed by atoms with van der Waals surface area (Å²) >= 11 is 0. The number of hydrogen-bond donors (Lipinski definition) is 0. The van der Waals surface area contributed by atoms with Crippen molar-refractivity contribution in [2.75, 3.05) is 24.6 Å². The van der Waals surface area contributed by atoms with E-state index in [9.17, 15) is 0 Å². The average Bonchev–Trinajstić information content (AvgIpc) is 3.25. The number of hydrogen-bond acceptors (Lipinski definition) is 6. The maximum atomic E-state index is 6.03. The van der Waals surface area contributed by atoms with Crippen LogP contribution in [0.2, 0.25) is 0 Å². The first-order chi connectivity index (χ1) is 11.6. The monoisotopic (exact) mass is 325 g/mol. The Kier molecular flexibility index (Phi) is 3.57. The van der Waals surface area contributed by atoms with E-state index >= 15 is 0 Å². The van der Waals surface area contributed by atoms with Crippen LogP contribution in [0.4, 0.5) is 5.95 Å². The third kappa shape index (κ3) is 2.67. The third-order valence-corrected chi connectivity index (χ3v) is 4.31. The summed E-state index contributed by atoms with van der Waals surface area (Å²) in [6.07, 6.45) is 3.82. The highest BCUT2D eigenvalue weighted by Gasteiger charge is 2.36. The third-order valence-electron chi connectivity index (χ3n) is 4.31. The van der Waals surface area contributed by atoms with Crippen LogP contribution in [0.1, 0.15) is 12.5 Å². The molecule has 1 aliphatic heterocycles. The molecular weight excluding hydrogens is 306 g/mol. The summed E-state index contributed by atoms with van der Waals surface area (Å²) in [5.41, 5.74) is 1.51. The molecule has 1 saturated heterocycles. The first-order valence-electron chi connectivity index (χ1n) is 7.91. The van der Waals surface area contributed by atoms with Gasteiger partial charge in [-0.05, 0) is 24.2 Å². The van der Waals surface area contributed by atoms with Gasteiger partial charge in [0.1, 0.15) is 5.60 Å². The summed E-state index contributed by atoms with van der Waals surface area (Å²) in [5, 5.41) is 8.39. The molecule has 1 atom stereocenters. The second-order valence-corrected chi connectivity index (χ2v) is 6.17. The zero-order valence-electron chi connectivity index (χ0n) is 13.7. The molecule has 0 aliphatic carbocycles. The van der Waals surface area contributed by atoms with Crippen LogP contribution >= 0.6 is 0 Å². The lowest BCUT2D eigenvalue weighted by atomic mass is 9.97. The molecule has 1 fully saturated rings. The molecule has 1 aliphatic rings. The summed E-state index contributed by atoms with van der Waals surface area (Å²) in [4.78, 5) is 6.63. The van der Waals surface area contributed by atoms with Crippen LogP contribution in [0.5, 0.6) is 0 Å². The molecule has 7 nitrogen and oxygen atoms in total. The van der Waals surface area contributed by atoms with Crippen molar-refractivity contribution in [1.29, 1.82) is 0 Å². The number of morpholine rings is 1. The van der Waals surface area contributed by atoms with Crippen molar-refractivity contribution in [2.24, 2.45) is 7.05 Å². The van der Waals surface area contributed by atoms with Crippen molar-refractivity contribution in [1.82, 2.24) is 19.9 Å². The number of nitrogens with zero attached hydrogens (tertiary/aromatic N) is 5. The summed E-state index contributed by atoms with van der Waals surface area (Å²) in [7, 11) is 1.90. The van der Waals surface area contributed by atoms with Gasteiger partial charge in [0, 0.05) is 30.9 Å². The van der Waals surface area contributed by atoms with Crippen LogP contribution in [0.3, 0.4) is 0 Å². The molecule has 0 radical (unpaired) electrons. The first-order valence-corrected chi connectivity index (χ1v) is 7.91. The molecule has 0 amide bonds. The van der Waals surface area contributed by atoms with Crippen LogP contribution < -0.4 is 4.90 Å². The predicted octanol–water partition coefficient (Wildman–Crippen LogP) is 2.22. The minimum absolute atomic E-state index is 0.444. The Hall–Kier alpha value is -2.67. The van der Waals surface area contributed by atoms with Gasteiger partial charge in [-0.1, -0.05) is 18.2 Å². The lowest BCUT2D eigenvalue weighted by Crippen LogP contribution is -2.48. The molecule has 0 N–H and O–H groups in total. The van der Waals surface area contributed by atoms with Crippen LogP contribution in [-0.2, 0) is 17.4 Å². The second-order valence-electron chi connectivity index (χ2n) is 6.17. The second kappa shape index (κ2) is 5.76. The number of aryl methyl sites for hydroxylation is 1. The fourth-order valence-corrected chi connectivity index (χ4v) is 2.95. The predicted molar refractivity (Wildman–Crippen MR) is 88.5 cm³/mol. The Morgan fingerprint density at radius 2 is 2.04 bits per heavy atom. The van der Waals surface area contributed by atoms with Gasteiger partial charge in [0.25, 0.3) is 11.8 Å².